The van der Waals surface area contributed by atoms with Crippen molar-refractivity contribution in [2.24, 2.45) is 23.7 Å². The van der Waals surface area contributed by atoms with Crippen molar-refractivity contribution in [3.05, 3.63) is 77.0 Å². The first-order valence-corrected chi connectivity index (χ1v) is 15.9. The second kappa shape index (κ2) is 11.6. The predicted octanol–water partition coefficient (Wildman–Crippen LogP) is 9.13. The van der Waals surface area contributed by atoms with Crippen LogP contribution in [0.2, 0.25) is 0 Å². The molecule has 0 radical (unpaired) electrons. The molecule has 2 aromatic carbocycles. The molecule has 4 atom stereocenters. The van der Waals surface area contributed by atoms with Crippen molar-refractivity contribution in [3.63, 3.8) is 0 Å². The van der Waals surface area contributed by atoms with Crippen LogP contribution in [0.15, 0.2) is 54.6 Å². The van der Waals surface area contributed by atoms with Gasteiger partial charge in [0.2, 0.25) is 0 Å². The van der Waals surface area contributed by atoms with E-state index in [0.29, 0.717) is 23.7 Å². The molecule has 41 heavy (non-hydrogen) atoms. The minimum atomic E-state index is -0.170. The number of hydrogen-bond acceptors (Lipinski definition) is 3. The SMILES string of the molecule is Cc1cc(C)c2c3ccccc3n(Cc3ccc([C@@H](C(=O)O[C@@H]4C[C@H](C)CC[C@H]4C(C)C)C4CCCC4)cc3)c2n1. The predicted molar refractivity (Wildman–Crippen MR) is 168 cm³/mol. The third-order valence-electron chi connectivity index (χ3n) is 10.1. The lowest BCUT2D eigenvalue weighted by atomic mass is 9.75. The minimum absolute atomic E-state index is 0.00643. The zero-order chi connectivity index (χ0) is 28.7. The standard InChI is InChI=1S/C37H46N2O2/c1-23(2)30-19-14-24(3)20-33(30)41-37(40)35(28-10-6-7-11-28)29-17-15-27(16-18-29)22-39-32-13-9-8-12-31(32)34-25(4)21-26(5)38-36(34)39/h8-9,12-13,15-18,21,23-24,28,30,33,35H,6-7,10-11,14,19-20,22H2,1-5H3/t24-,30+,33-,35+/m1/s1. The van der Waals surface area contributed by atoms with Gasteiger partial charge in [-0.15, -0.1) is 0 Å². The van der Waals surface area contributed by atoms with E-state index in [4.69, 9.17) is 9.72 Å². The van der Waals surface area contributed by atoms with Crippen LogP contribution in [0.1, 0.15) is 94.0 Å². The molecule has 216 valence electrons. The summed E-state index contributed by atoms with van der Waals surface area (Å²) < 4.78 is 8.79. The van der Waals surface area contributed by atoms with Crippen LogP contribution < -0.4 is 0 Å². The largest absolute Gasteiger partial charge is 0.462 e. The summed E-state index contributed by atoms with van der Waals surface area (Å²) in [4.78, 5) is 18.9. The van der Waals surface area contributed by atoms with E-state index in [0.717, 1.165) is 49.1 Å². The first kappa shape index (κ1) is 28.0. The lowest BCUT2D eigenvalue weighted by Crippen LogP contribution is -2.37. The molecule has 0 bridgehead atoms. The van der Waals surface area contributed by atoms with E-state index in [1.807, 2.05) is 0 Å². The summed E-state index contributed by atoms with van der Waals surface area (Å²) in [5, 5.41) is 2.49. The molecule has 0 unspecified atom stereocenters. The first-order valence-electron chi connectivity index (χ1n) is 15.9. The monoisotopic (exact) mass is 550 g/mol. The van der Waals surface area contributed by atoms with Gasteiger partial charge in [0.05, 0.1) is 11.4 Å². The maximum atomic E-state index is 13.9. The van der Waals surface area contributed by atoms with Gasteiger partial charge < -0.3 is 9.30 Å². The number of pyridine rings is 1. The molecule has 2 aliphatic rings. The van der Waals surface area contributed by atoms with E-state index in [-0.39, 0.29) is 18.0 Å². The third kappa shape index (κ3) is 5.55. The fourth-order valence-corrected chi connectivity index (χ4v) is 7.92. The number of rotatable bonds is 7. The van der Waals surface area contributed by atoms with Crippen LogP contribution in [-0.4, -0.2) is 21.6 Å². The summed E-state index contributed by atoms with van der Waals surface area (Å²) in [7, 11) is 0. The Morgan fingerprint density at radius 2 is 1.73 bits per heavy atom. The van der Waals surface area contributed by atoms with Gasteiger partial charge in [0.1, 0.15) is 11.8 Å². The molecule has 4 aromatic rings. The Morgan fingerprint density at radius 3 is 2.46 bits per heavy atom. The number of ether oxygens (including phenoxy) is 1. The maximum Gasteiger partial charge on any atom is 0.313 e. The van der Waals surface area contributed by atoms with Gasteiger partial charge in [0.15, 0.2) is 0 Å². The zero-order valence-corrected chi connectivity index (χ0v) is 25.5. The van der Waals surface area contributed by atoms with E-state index < -0.39 is 0 Å². The quantitative estimate of drug-likeness (QED) is 0.216. The van der Waals surface area contributed by atoms with Crippen LogP contribution in [0, 0.1) is 37.5 Å². The Balaban J connectivity index is 1.29. The van der Waals surface area contributed by atoms with Crippen LogP contribution in [0.3, 0.4) is 0 Å². The molecular formula is C37H46N2O2. The molecule has 2 fully saturated rings. The molecule has 6 rings (SSSR count). The molecule has 2 aromatic heterocycles. The molecule has 2 heterocycles. The maximum absolute atomic E-state index is 13.9. The van der Waals surface area contributed by atoms with Crippen molar-refractivity contribution in [2.75, 3.05) is 0 Å². The summed E-state index contributed by atoms with van der Waals surface area (Å²) in [6.45, 7) is 11.9. The van der Waals surface area contributed by atoms with Gasteiger partial charge in [0, 0.05) is 23.0 Å². The van der Waals surface area contributed by atoms with Gasteiger partial charge in [-0.3, -0.25) is 4.79 Å². The van der Waals surface area contributed by atoms with Crippen LogP contribution in [0.4, 0.5) is 0 Å². The number of carbonyl (C=O) groups excluding carboxylic acids is 1. The van der Waals surface area contributed by atoms with Gasteiger partial charge in [-0.25, -0.2) is 4.98 Å². The van der Waals surface area contributed by atoms with Crippen LogP contribution in [0.5, 0.6) is 0 Å². The molecule has 0 saturated heterocycles. The highest BCUT2D eigenvalue weighted by atomic mass is 16.5. The molecule has 4 heteroatoms. The lowest BCUT2D eigenvalue weighted by molar-refractivity contribution is -0.159. The van der Waals surface area contributed by atoms with Gasteiger partial charge in [-0.05, 0) is 92.0 Å². The molecule has 0 amide bonds. The Labute approximate surface area is 245 Å². The summed E-state index contributed by atoms with van der Waals surface area (Å²) in [6.07, 6.45) is 8.09. The number of aromatic nitrogens is 2. The van der Waals surface area contributed by atoms with Gasteiger partial charge in [-0.2, -0.15) is 0 Å². The molecule has 0 aliphatic heterocycles. The second-order valence-corrected chi connectivity index (χ2v) is 13.4. The number of fused-ring (bicyclic) bond motifs is 3. The van der Waals surface area contributed by atoms with E-state index in [9.17, 15) is 4.79 Å². The molecule has 0 spiro atoms. The Kier molecular flexibility index (Phi) is 7.94. The normalized spacial score (nSPS) is 22.5. The fraction of sp³-hybridized carbons (Fsp3) is 0.514. The third-order valence-corrected chi connectivity index (χ3v) is 10.1. The van der Waals surface area contributed by atoms with Crippen LogP contribution in [-0.2, 0) is 16.1 Å². The summed E-state index contributed by atoms with van der Waals surface area (Å²) >= 11 is 0. The topological polar surface area (TPSA) is 44.1 Å². The zero-order valence-electron chi connectivity index (χ0n) is 25.5. The highest BCUT2D eigenvalue weighted by Gasteiger charge is 2.38. The van der Waals surface area contributed by atoms with Gasteiger partial charge in [0.25, 0.3) is 0 Å². The first-order chi connectivity index (χ1) is 19.8. The lowest BCUT2D eigenvalue weighted by Gasteiger charge is -2.37. The highest BCUT2D eigenvalue weighted by molar-refractivity contribution is 6.08. The average molecular weight is 551 g/mol. The van der Waals surface area contributed by atoms with Crippen LogP contribution >= 0.6 is 0 Å². The molecule has 2 saturated carbocycles. The number of carbonyl (C=O) groups is 1. The van der Waals surface area contributed by atoms with Crippen molar-refractivity contribution in [1.29, 1.82) is 0 Å². The van der Waals surface area contributed by atoms with E-state index in [1.54, 1.807) is 0 Å². The molecule has 0 N–H and O–H groups in total. The van der Waals surface area contributed by atoms with Crippen molar-refractivity contribution in [1.82, 2.24) is 9.55 Å². The van der Waals surface area contributed by atoms with Crippen molar-refractivity contribution in [3.8, 4) is 0 Å². The van der Waals surface area contributed by atoms with Gasteiger partial charge >= 0.3 is 5.97 Å². The highest BCUT2D eigenvalue weighted by Crippen LogP contribution is 2.41. The van der Waals surface area contributed by atoms with E-state index >= 15 is 0 Å². The van der Waals surface area contributed by atoms with Crippen molar-refractivity contribution >= 4 is 27.9 Å². The van der Waals surface area contributed by atoms with E-state index in [2.05, 4.69) is 93.8 Å². The minimum Gasteiger partial charge on any atom is -0.462 e. The Morgan fingerprint density at radius 1 is 1.00 bits per heavy atom. The number of benzene rings is 2. The second-order valence-electron chi connectivity index (χ2n) is 13.4. The number of nitrogens with zero attached hydrogens (tertiary/aromatic N) is 2. The smallest absolute Gasteiger partial charge is 0.313 e. The molecular weight excluding hydrogens is 504 g/mol. The summed E-state index contributed by atoms with van der Waals surface area (Å²) in [6, 6.07) is 19.6. The summed E-state index contributed by atoms with van der Waals surface area (Å²) in [5.74, 6) is 1.83. The number of para-hydroxylation sites is 1. The molecule has 2 aliphatic carbocycles. The van der Waals surface area contributed by atoms with Crippen molar-refractivity contribution in [2.45, 2.75) is 98.1 Å². The van der Waals surface area contributed by atoms with E-state index in [1.165, 1.54) is 46.7 Å². The summed E-state index contributed by atoms with van der Waals surface area (Å²) in [5.41, 5.74) is 6.89. The fourth-order valence-electron chi connectivity index (χ4n) is 7.92. The van der Waals surface area contributed by atoms with Gasteiger partial charge in [-0.1, -0.05) is 82.5 Å². The molecule has 4 nitrogen and oxygen atoms in total. The average Bonchev–Trinajstić information content (AvgIpc) is 3.57. The number of aryl methyl sites for hydroxylation is 2. The Hall–Kier alpha value is -3.14. The van der Waals surface area contributed by atoms with Crippen molar-refractivity contribution < 1.29 is 9.53 Å². The Bertz CT molecular complexity index is 1530. The number of hydrogen-bond donors (Lipinski definition) is 0. The number of esters is 1. The van der Waals surface area contributed by atoms with Crippen LogP contribution in [0.25, 0.3) is 21.9 Å².